The number of carbonyl (C=O) groups excluding carboxylic acids is 1. The minimum absolute atomic E-state index is 0.124. The third-order valence-corrected chi connectivity index (χ3v) is 4.80. The van der Waals surface area contributed by atoms with Crippen molar-refractivity contribution in [1.29, 1.82) is 0 Å². The zero-order valence-electron chi connectivity index (χ0n) is 16.8. The number of aromatic hydroxyl groups is 1. The predicted octanol–water partition coefficient (Wildman–Crippen LogP) is 4.00. The van der Waals surface area contributed by atoms with Gasteiger partial charge in [0.05, 0.1) is 11.1 Å². The number of nitrogens with zero attached hydrogens (tertiary/aromatic N) is 3. The van der Waals surface area contributed by atoms with Gasteiger partial charge < -0.3 is 15.3 Å². The van der Waals surface area contributed by atoms with Gasteiger partial charge in [0.15, 0.2) is 5.82 Å². The van der Waals surface area contributed by atoms with Crippen LogP contribution in [0.4, 0.5) is 5.82 Å². The third kappa shape index (κ3) is 3.93. The van der Waals surface area contributed by atoms with Crippen molar-refractivity contribution in [2.45, 2.75) is 6.54 Å². The summed E-state index contributed by atoms with van der Waals surface area (Å²) in [7, 11) is 3.77. The Morgan fingerprint density at radius 1 is 0.967 bits per heavy atom. The van der Waals surface area contributed by atoms with E-state index < -0.39 is 0 Å². The van der Waals surface area contributed by atoms with E-state index in [2.05, 4.69) is 15.3 Å². The SMILES string of the molecule is CN(C)c1nc(-c2ccccc2O)nc2ccc(C(=O)NCc3ccccc3)cc12. The average Bonchev–Trinajstić information content (AvgIpc) is 2.77. The van der Waals surface area contributed by atoms with E-state index in [4.69, 9.17) is 0 Å². The van der Waals surface area contributed by atoms with E-state index in [1.807, 2.05) is 61.5 Å². The highest BCUT2D eigenvalue weighted by molar-refractivity contribution is 6.01. The number of carbonyl (C=O) groups is 1. The second kappa shape index (κ2) is 8.21. The van der Waals surface area contributed by atoms with Crippen molar-refractivity contribution < 1.29 is 9.90 Å². The van der Waals surface area contributed by atoms with Gasteiger partial charge in [-0.1, -0.05) is 42.5 Å². The molecule has 4 rings (SSSR count). The summed E-state index contributed by atoms with van der Waals surface area (Å²) in [5.41, 5.74) is 2.84. The molecule has 150 valence electrons. The molecule has 1 amide bonds. The summed E-state index contributed by atoms with van der Waals surface area (Å²) in [4.78, 5) is 23.8. The number of amides is 1. The average molecular weight is 398 g/mol. The summed E-state index contributed by atoms with van der Waals surface area (Å²) in [6.45, 7) is 0.459. The van der Waals surface area contributed by atoms with E-state index in [9.17, 15) is 9.90 Å². The summed E-state index contributed by atoms with van der Waals surface area (Å²) in [6.07, 6.45) is 0. The molecular weight excluding hydrogens is 376 g/mol. The van der Waals surface area contributed by atoms with Crippen molar-refractivity contribution in [1.82, 2.24) is 15.3 Å². The van der Waals surface area contributed by atoms with Gasteiger partial charge in [-0.25, -0.2) is 9.97 Å². The Morgan fingerprint density at radius 2 is 1.70 bits per heavy atom. The Hall–Kier alpha value is -3.93. The molecule has 2 N–H and O–H groups in total. The summed E-state index contributed by atoms with van der Waals surface area (Å²) >= 11 is 0. The van der Waals surface area contributed by atoms with Crippen LogP contribution >= 0.6 is 0 Å². The van der Waals surface area contributed by atoms with Crippen molar-refractivity contribution in [3.63, 3.8) is 0 Å². The molecule has 0 aliphatic heterocycles. The van der Waals surface area contributed by atoms with Gasteiger partial charge in [-0.15, -0.1) is 0 Å². The Labute approximate surface area is 174 Å². The van der Waals surface area contributed by atoms with Crippen LogP contribution in [0, 0.1) is 0 Å². The molecule has 0 unspecified atom stereocenters. The van der Waals surface area contributed by atoms with Gasteiger partial charge in [-0.2, -0.15) is 0 Å². The monoisotopic (exact) mass is 398 g/mol. The van der Waals surface area contributed by atoms with Crippen LogP contribution in [0.1, 0.15) is 15.9 Å². The molecule has 0 aliphatic carbocycles. The summed E-state index contributed by atoms with van der Waals surface area (Å²) in [5.74, 6) is 1.08. The van der Waals surface area contributed by atoms with E-state index >= 15 is 0 Å². The molecule has 0 spiro atoms. The lowest BCUT2D eigenvalue weighted by molar-refractivity contribution is 0.0951. The fourth-order valence-corrected chi connectivity index (χ4v) is 3.26. The standard InChI is InChI=1S/C24H22N4O2/c1-28(2)23-19-14-17(24(30)25-15-16-8-4-3-5-9-16)12-13-20(19)26-22(27-23)18-10-6-7-11-21(18)29/h3-14,29H,15H2,1-2H3,(H,25,30). The lowest BCUT2D eigenvalue weighted by Crippen LogP contribution is -2.22. The molecule has 0 radical (unpaired) electrons. The number of aromatic nitrogens is 2. The van der Waals surface area contributed by atoms with Crippen LogP contribution in [0.25, 0.3) is 22.3 Å². The van der Waals surface area contributed by atoms with Crippen LogP contribution < -0.4 is 10.2 Å². The summed E-state index contributed by atoms with van der Waals surface area (Å²) in [6, 6.07) is 22.1. The van der Waals surface area contributed by atoms with Gasteiger partial charge >= 0.3 is 0 Å². The predicted molar refractivity (Wildman–Crippen MR) is 119 cm³/mol. The fraction of sp³-hybridized carbons (Fsp3) is 0.125. The highest BCUT2D eigenvalue weighted by Gasteiger charge is 2.15. The molecule has 6 heteroatoms. The van der Waals surface area contributed by atoms with Crippen LogP contribution in [0.3, 0.4) is 0 Å². The second-order valence-corrected chi connectivity index (χ2v) is 7.18. The van der Waals surface area contributed by atoms with Crippen LogP contribution in [0.15, 0.2) is 72.8 Å². The molecule has 30 heavy (non-hydrogen) atoms. The van der Waals surface area contributed by atoms with Gasteiger partial charge in [-0.3, -0.25) is 4.79 Å². The maximum Gasteiger partial charge on any atom is 0.251 e. The minimum Gasteiger partial charge on any atom is -0.507 e. The molecule has 0 aliphatic rings. The van der Waals surface area contributed by atoms with Gasteiger partial charge in [0, 0.05) is 31.6 Å². The number of hydrogen-bond donors (Lipinski definition) is 2. The second-order valence-electron chi connectivity index (χ2n) is 7.18. The molecule has 1 heterocycles. The third-order valence-electron chi connectivity index (χ3n) is 4.80. The van der Waals surface area contributed by atoms with Gasteiger partial charge in [0.1, 0.15) is 11.6 Å². The first-order valence-corrected chi connectivity index (χ1v) is 9.62. The lowest BCUT2D eigenvalue weighted by atomic mass is 10.1. The minimum atomic E-state index is -0.157. The highest BCUT2D eigenvalue weighted by Crippen LogP contribution is 2.31. The van der Waals surface area contributed by atoms with E-state index in [1.54, 1.807) is 30.3 Å². The van der Waals surface area contributed by atoms with Crippen LogP contribution in [0.5, 0.6) is 5.75 Å². The molecule has 6 nitrogen and oxygen atoms in total. The number of hydrogen-bond acceptors (Lipinski definition) is 5. The highest BCUT2D eigenvalue weighted by atomic mass is 16.3. The maximum absolute atomic E-state index is 12.7. The van der Waals surface area contributed by atoms with Crippen LogP contribution in [0.2, 0.25) is 0 Å². The fourth-order valence-electron chi connectivity index (χ4n) is 3.26. The van der Waals surface area contributed by atoms with Gasteiger partial charge in [0.25, 0.3) is 5.91 Å². The number of phenolic OH excluding ortho intramolecular Hbond substituents is 1. The van der Waals surface area contributed by atoms with Crippen LogP contribution in [-0.2, 0) is 6.54 Å². The molecule has 0 saturated carbocycles. The van der Waals surface area contributed by atoms with Gasteiger partial charge in [-0.05, 0) is 35.9 Å². The first-order valence-electron chi connectivity index (χ1n) is 9.62. The first kappa shape index (κ1) is 19.4. The number of phenols is 1. The normalized spacial score (nSPS) is 10.7. The number of anilines is 1. The molecule has 3 aromatic carbocycles. The quantitative estimate of drug-likeness (QED) is 0.531. The number of fused-ring (bicyclic) bond motifs is 1. The molecule has 0 fully saturated rings. The van der Waals surface area contributed by atoms with Crippen molar-refractivity contribution in [3.8, 4) is 17.1 Å². The number of para-hydroxylation sites is 1. The van der Waals surface area contributed by atoms with Gasteiger partial charge in [0.2, 0.25) is 0 Å². The maximum atomic E-state index is 12.7. The van der Waals surface area contributed by atoms with Crippen molar-refractivity contribution >= 4 is 22.6 Å². The Balaban J connectivity index is 1.70. The lowest BCUT2D eigenvalue weighted by Gasteiger charge is -2.16. The summed E-state index contributed by atoms with van der Waals surface area (Å²) in [5, 5.41) is 13.9. The zero-order valence-corrected chi connectivity index (χ0v) is 16.8. The smallest absolute Gasteiger partial charge is 0.251 e. The molecular formula is C24H22N4O2. The van der Waals surface area contributed by atoms with E-state index in [-0.39, 0.29) is 11.7 Å². The van der Waals surface area contributed by atoms with Crippen LogP contribution in [-0.4, -0.2) is 35.1 Å². The molecule has 0 bridgehead atoms. The zero-order chi connectivity index (χ0) is 21.1. The van der Waals surface area contributed by atoms with E-state index in [1.165, 1.54) is 0 Å². The topological polar surface area (TPSA) is 78.3 Å². The Kier molecular flexibility index (Phi) is 5.30. The van der Waals surface area contributed by atoms with Crippen molar-refractivity contribution in [2.75, 3.05) is 19.0 Å². The van der Waals surface area contributed by atoms with E-state index in [0.717, 1.165) is 10.9 Å². The number of nitrogens with one attached hydrogen (secondary N) is 1. The molecule has 1 aromatic heterocycles. The Bertz CT molecular complexity index is 1210. The Morgan fingerprint density at radius 3 is 2.43 bits per heavy atom. The largest absolute Gasteiger partial charge is 0.507 e. The van der Waals surface area contributed by atoms with E-state index in [0.29, 0.717) is 34.8 Å². The molecule has 0 saturated heterocycles. The van der Waals surface area contributed by atoms with Crippen molar-refractivity contribution in [2.24, 2.45) is 0 Å². The summed E-state index contributed by atoms with van der Waals surface area (Å²) < 4.78 is 0. The molecule has 4 aromatic rings. The first-order chi connectivity index (χ1) is 14.5. The van der Waals surface area contributed by atoms with Crippen molar-refractivity contribution in [3.05, 3.63) is 83.9 Å². The number of benzene rings is 3. The number of rotatable bonds is 5. The molecule has 0 atom stereocenters.